The van der Waals surface area contributed by atoms with Gasteiger partial charge >= 0.3 is 23.7 Å². The molecule has 0 aliphatic rings. The van der Waals surface area contributed by atoms with E-state index in [-0.39, 0.29) is 22.9 Å². The number of hydrogen-bond donors (Lipinski definition) is 0. The molecule has 173 valence electrons. The van der Waals surface area contributed by atoms with E-state index >= 15 is 0 Å². The average Bonchev–Trinajstić information content (AvgIpc) is 3.05. The summed E-state index contributed by atoms with van der Waals surface area (Å²) < 4.78 is 161. The van der Waals surface area contributed by atoms with E-state index in [4.69, 9.17) is 4.65 Å². The molecule has 0 saturated carbocycles. The Kier molecular flexibility index (Phi) is 17.2. The second-order valence-electron chi connectivity index (χ2n) is 3.73. The van der Waals surface area contributed by atoms with Gasteiger partial charge in [0, 0.05) is 22.6 Å². The quantitative estimate of drug-likeness (QED) is 0.230. The summed E-state index contributed by atoms with van der Waals surface area (Å²) in [5, 5.41) is 0. The van der Waals surface area contributed by atoms with Gasteiger partial charge in [0.25, 0.3) is 12.1 Å². The predicted molar refractivity (Wildman–Crippen MR) is 62.4 cm³/mol. The Labute approximate surface area is 163 Å². The largest absolute Gasteiger partial charge is 0.214 e. The van der Waals surface area contributed by atoms with Gasteiger partial charge in [-0.05, 0) is 0 Å². The summed E-state index contributed by atoms with van der Waals surface area (Å²) in [4.78, 5) is 0. The van der Waals surface area contributed by atoms with Crippen LogP contribution in [-0.4, -0.2) is 24.5 Å². The first-order chi connectivity index (χ1) is 12.3. The molecule has 0 spiro atoms. The van der Waals surface area contributed by atoms with Gasteiger partial charge in [-0.1, -0.05) is 0 Å². The fraction of sp³-hybridized carbons (Fsp3) is 0.308. The molecule has 29 heavy (non-hydrogen) atoms. The van der Waals surface area contributed by atoms with Crippen LogP contribution in [0.4, 0.5) is 61.5 Å². The van der Waals surface area contributed by atoms with E-state index < -0.39 is 36.7 Å². The van der Waals surface area contributed by atoms with Gasteiger partial charge in [-0.25, -0.2) is 38.5 Å². The maximum atomic E-state index is 11.4. The van der Waals surface area contributed by atoms with Crippen LogP contribution in [0.3, 0.4) is 0 Å². The van der Waals surface area contributed by atoms with Crippen LogP contribution in [0.5, 0.6) is 0 Å². The fourth-order valence-electron chi connectivity index (χ4n) is 0.623. The molecule has 0 heterocycles. The van der Waals surface area contributed by atoms with Gasteiger partial charge < -0.3 is 14.9 Å². The predicted octanol–water partition coefficient (Wildman–Crippen LogP) is 6.75. The molecule has 0 aromatic heterocycles. The van der Waals surface area contributed by atoms with Crippen molar-refractivity contribution in [2.75, 3.05) is 0 Å². The molecule has 1 aromatic carbocycles. The minimum absolute atomic E-state index is 0. The van der Waals surface area contributed by atoms with Crippen molar-refractivity contribution in [3.63, 3.8) is 0 Å². The Hall–Kier alpha value is -1.64. The molecule has 0 aliphatic carbocycles. The van der Waals surface area contributed by atoms with Crippen molar-refractivity contribution in [1.29, 1.82) is 0 Å². The smallest absolute Gasteiger partial charge is 0 e. The van der Waals surface area contributed by atoms with Crippen LogP contribution in [0.15, 0.2) is 36.2 Å². The van der Waals surface area contributed by atoms with Gasteiger partial charge in [0.2, 0.25) is 0 Å². The van der Waals surface area contributed by atoms with Crippen LogP contribution >= 0.6 is 0 Å². The average molecular weight is 502 g/mol. The third-order valence-corrected chi connectivity index (χ3v) is 1.65. The summed E-state index contributed by atoms with van der Waals surface area (Å²) in [6, 6.07) is 10.0. The monoisotopic (exact) mass is 502 g/mol. The molecule has 1 rings (SSSR count). The molecule has 0 bridgehead atoms. The van der Waals surface area contributed by atoms with Gasteiger partial charge in [-0.3, -0.25) is 0 Å². The zero-order valence-corrected chi connectivity index (χ0v) is 14.0. The summed E-state index contributed by atoms with van der Waals surface area (Å²) in [6.45, 7) is 4.50. The second kappa shape index (κ2) is 14.4. The summed E-state index contributed by atoms with van der Waals surface area (Å²) in [6.07, 6.45) is -21.5. The summed E-state index contributed by atoms with van der Waals surface area (Å²) in [5.41, 5.74) is 0. The van der Waals surface area contributed by atoms with E-state index in [1.54, 1.807) is 0 Å². The topological polar surface area (TPSA) is 19.9 Å². The van der Waals surface area contributed by atoms with Gasteiger partial charge in [0.1, 0.15) is 0 Å². The molecule has 0 atom stereocenters. The van der Waals surface area contributed by atoms with Crippen molar-refractivity contribution in [2.24, 2.45) is 0 Å². The van der Waals surface area contributed by atoms with E-state index in [9.17, 15) is 61.5 Å². The maximum absolute atomic E-state index is 11.4. The Morgan fingerprint density at radius 3 is 1.24 bits per heavy atom. The molecule has 1 nitrogen and oxygen atoms in total. The SMILES string of the molecule is FC(=[C-]C(F)(F)F)C(F)(F)F.F[C-](F)C(F)(F)C(F)(F)F.[C-]#[O+].[Co].c1cc[cH-]c1. The van der Waals surface area contributed by atoms with Crippen LogP contribution in [0, 0.1) is 19.2 Å². The molecular weight excluding hydrogens is 497 g/mol. The number of allylic oxidation sites excluding steroid dienone is 2. The van der Waals surface area contributed by atoms with E-state index in [0.717, 1.165) is 0 Å². The summed E-state index contributed by atoms with van der Waals surface area (Å²) in [7, 11) is 0. The molecule has 0 fully saturated rings. The summed E-state index contributed by atoms with van der Waals surface area (Å²) in [5.74, 6) is -9.25. The Morgan fingerprint density at radius 1 is 0.828 bits per heavy atom. The molecule has 0 unspecified atom stereocenters. The third-order valence-electron chi connectivity index (χ3n) is 1.65. The van der Waals surface area contributed by atoms with Gasteiger partial charge in [-0.2, -0.15) is 44.5 Å². The standard InChI is InChI=1S/C5H5.C4F7.C3F7.CO.Co/c1-2-4-5-3-1;5-2(4(9,10)11)1-3(6,7)8;4-1(5)2(6,7)3(8,9)10;1-2;/h1-5H;;;;/q3*-1;;. The Balaban J connectivity index is -0.000000159. The van der Waals surface area contributed by atoms with Gasteiger partial charge in [0.15, 0.2) is 0 Å². The number of halogens is 14. The van der Waals surface area contributed by atoms with Gasteiger partial charge in [0.05, 0.1) is 6.43 Å². The molecule has 1 radical (unpaired) electrons. The van der Waals surface area contributed by atoms with E-state index in [0.29, 0.717) is 0 Å². The molecule has 0 saturated heterocycles. The van der Waals surface area contributed by atoms with E-state index in [2.05, 4.69) is 6.65 Å². The Morgan fingerprint density at radius 2 is 1.17 bits per heavy atom. The normalized spacial score (nSPS) is 12.2. The molecule has 0 N–H and O–H groups in total. The van der Waals surface area contributed by atoms with Crippen molar-refractivity contribution in [2.45, 2.75) is 24.5 Å². The van der Waals surface area contributed by atoms with E-state index in [1.165, 1.54) is 0 Å². The van der Waals surface area contributed by atoms with E-state index in [1.807, 2.05) is 30.3 Å². The molecule has 0 amide bonds. The van der Waals surface area contributed by atoms with Crippen LogP contribution in [0.2, 0.25) is 0 Å². The van der Waals surface area contributed by atoms with Crippen LogP contribution in [0.25, 0.3) is 0 Å². The molecule has 16 heteroatoms. The first-order valence-electron chi connectivity index (χ1n) is 5.77. The molecular formula is C13H5CoF14O-3. The zero-order chi connectivity index (χ0) is 23.4. The van der Waals surface area contributed by atoms with Crippen molar-refractivity contribution >= 4 is 0 Å². The van der Waals surface area contributed by atoms with Crippen molar-refractivity contribution in [1.82, 2.24) is 0 Å². The number of hydrogen-bond acceptors (Lipinski definition) is 0. The van der Waals surface area contributed by atoms with Crippen molar-refractivity contribution < 1.29 is 82.9 Å². The first kappa shape index (κ1) is 34.8. The van der Waals surface area contributed by atoms with Gasteiger partial charge in [-0.15, -0.1) is 0 Å². The minimum atomic E-state index is -6.20. The number of alkyl halides is 11. The van der Waals surface area contributed by atoms with Crippen LogP contribution in [0.1, 0.15) is 0 Å². The summed E-state index contributed by atoms with van der Waals surface area (Å²) >= 11 is 0. The second-order valence-corrected chi connectivity index (χ2v) is 3.73. The van der Waals surface area contributed by atoms with Crippen molar-refractivity contribution in [3.05, 3.63) is 55.3 Å². The molecule has 1 aromatic rings. The molecule has 0 aliphatic heterocycles. The fourth-order valence-corrected chi connectivity index (χ4v) is 0.623. The zero-order valence-electron chi connectivity index (χ0n) is 12.9. The maximum Gasteiger partial charge on any atom is 0 e. The van der Waals surface area contributed by atoms with Crippen LogP contribution < -0.4 is 0 Å². The first-order valence-corrected chi connectivity index (χ1v) is 5.77. The minimum Gasteiger partial charge on any atom is -0.214 e. The van der Waals surface area contributed by atoms with Crippen LogP contribution in [-0.2, 0) is 21.4 Å². The van der Waals surface area contributed by atoms with Crippen molar-refractivity contribution in [3.8, 4) is 0 Å². The third kappa shape index (κ3) is 18.1. The number of rotatable bonds is 1. The Bertz CT molecular complexity index is 534.